The fourth-order valence-electron chi connectivity index (χ4n) is 4.35. The van der Waals surface area contributed by atoms with Crippen LogP contribution in [0.25, 0.3) is 17.0 Å². The highest BCUT2D eigenvalue weighted by Gasteiger charge is 2.23. The van der Waals surface area contributed by atoms with Crippen molar-refractivity contribution in [2.75, 3.05) is 36.5 Å². The van der Waals surface area contributed by atoms with Gasteiger partial charge in [-0.05, 0) is 26.0 Å². The van der Waals surface area contributed by atoms with Crippen LogP contribution in [0.3, 0.4) is 0 Å². The van der Waals surface area contributed by atoms with Gasteiger partial charge in [-0.2, -0.15) is 15.1 Å². The van der Waals surface area contributed by atoms with Gasteiger partial charge in [0.05, 0.1) is 17.8 Å². The number of nitrogens with zero attached hydrogens (tertiary/aromatic N) is 5. The van der Waals surface area contributed by atoms with Crippen molar-refractivity contribution in [3.8, 4) is 11.8 Å². The molecule has 1 aliphatic heterocycles. The van der Waals surface area contributed by atoms with Gasteiger partial charge >= 0.3 is 6.01 Å². The molecule has 0 amide bonds. The van der Waals surface area contributed by atoms with Crippen LogP contribution in [0.1, 0.15) is 18.3 Å². The first-order valence-electron chi connectivity index (χ1n) is 11.9. The van der Waals surface area contributed by atoms with E-state index in [0.29, 0.717) is 42.8 Å². The predicted octanol–water partition coefficient (Wildman–Crippen LogP) is 3.62. The van der Waals surface area contributed by atoms with Gasteiger partial charge in [-0.15, -0.1) is 0 Å². The molecule has 4 N–H and O–H groups in total. The van der Waals surface area contributed by atoms with E-state index in [1.54, 1.807) is 17.7 Å². The predicted molar refractivity (Wildman–Crippen MR) is 137 cm³/mol. The fourth-order valence-corrected chi connectivity index (χ4v) is 4.35. The number of anilines is 3. The standard InChI is InChI=1S/C25H28F2N8O2/c1-4-5-16-9-21(33-34(16)3)30-20-11-22(35-7-6-28-15(12-35)13-36)32-25(31-20)37-19-10-18(26)24-17(23(19)27)8-14(2)29-24/h4-5,8-11,15,28-29,36H,6-7,12-13H2,1-3H3,(H,30,31,32,33)/b5-4+. The maximum absolute atomic E-state index is 15.2. The van der Waals surface area contributed by atoms with Gasteiger partial charge in [-0.3, -0.25) is 4.68 Å². The lowest BCUT2D eigenvalue weighted by atomic mass is 10.2. The molecule has 0 spiro atoms. The van der Waals surface area contributed by atoms with Crippen molar-refractivity contribution in [2.24, 2.45) is 7.05 Å². The summed E-state index contributed by atoms with van der Waals surface area (Å²) in [4.78, 5) is 13.7. The summed E-state index contributed by atoms with van der Waals surface area (Å²) in [6.07, 6.45) is 3.83. The second-order valence-corrected chi connectivity index (χ2v) is 8.89. The van der Waals surface area contributed by atoms with Gasteiger partial charge in [0.15, 0.2) is 23.2 Å². The molecule has 1 saturated heterocycles. The molecule has 0 radical (unpaired) electrons. The van der Waals surface area contributed by atoms with E-state index in [2.05, 4.69) is 30.7 Å². The van der Waals surface area contributed by atoms with E-state index >= 15 is 4.39 Å². The number of fused-ring (bicyclic) bond motifs is 1. The Kier molecular flexibility index (Phi) is 6.76. The summed E-state index contributed by atoms with van der Waals surface area (Å²) >= 11 is 0. The largest absolute Gasteiger partial charge is 0.421 e. The number of aromatic nitrogens is 5. The SMILES string of the molecule is C/C=C/c1cc(Nc2cc(N3CCNC(CO)C3)nc(Oc3cc(F)c4[nH]c(C)cc4c3F)n2)nn1C. The summed E-state index contributed by atoms with van der Waals surface area (Å²) in [5, 5.41) is 20.5. The van der Waals surface area contributed by atoms with Crippen molar-refractivity contribution in [1.29, 1.82) is 0 Å². The highest BCUT2D eigenvalue weighted by atomic mass is 19.1. The average Bonchev–Trinajstić information content (AvgIpc) is 3.44. The number of rotatable bonds is 7. The third-order valence-electron chi connectivity index (χ3n) is 6.10. The van der Waals surface area contributed by atoms with Crippen LogP contribution in [0.4, 0.5) is 26.2 Å². The van der Waals surface area contributed by atoms with Gasteiger partial charge in [0.1, 0.15) is 11.6 Å². The zero-order valence-electron chi connectivity index (χ0n) is 20.7. The first-order valence-corrected chi connectivity index (χ1v) is 11.9. The van der Waals surface area contributed by atoms with Gasteiger partial charge in [-0.25, -0.2) is 8.78 Å². The molecule has 4 heterocycles. The molecule has 1 atom stereocenters. The Morgan fingerprint density at radius 1 is 1.22 bits per heavy atom. The van der Waals surface area contributed by atoms with Crippen molar-refractivity contribution in [1.82, 2.24) is 30.0 Å². The van der Waals surface area contributed by atoms with Crippen LogP contribution in [0.2, 0.25) is 0 Å². The van der Waals surface area contributed by atoms with Crippen molar-refractivity contribution in [3.63, 3.8) is 0 Å². The quantitative estimate of drug-likeness (QED) is 0.298. The fraction of sp³-hybridized carbons (Fsp3) is 0.320. The van der Waals surface area contributed by atoms with Gasteiger partial charge in [-0.1, -0.05) is 6.08 Å². The maximum atomic E-state index is 15.2. The Bertz CT molecular complexity index is 1460. The summed E-state index contributed by atoms with van der Waals surface area (Å²) in [5.74, 6) is -0.269. The summed E-state index contributed by atoms with van der Waals surface area (Å²) in [5.41, 5.74) is 1.58. The second kappa shape index (κ2) is 10.1. The minimum atomic E-state index is -0.715. The molecule has 1 fully saturated rings. The van der Waals surface area contributed by atoms with E-state index in [-0.39, 0.29) is 35.3 Å². The number of halogens is 2. The van der Waals surface area contributed by atoms with Gasteiger partial charge in [0, 0.05) is 62.0 Å². The number of piperazine rings is 1. The van der Waals surface area contributed by atoms with E-state index < -0.39 is 11.6 Å². The lowest BCUT2D eigenvalue weighted by molar-refractivity contribution is 0.235. The minimum absolute atomic E-state index is 0.0295. The number of aliphatic hydroxyl groups excluding tert-OH is 1. The lowest BCUT2D eigenvalue weighted by Crippen LogP contribution is -2.52. The van der Waals surface area contributed by atoms with Gasteiger partial charge in [0.2, 0.25) is 0 Å². The Labute approximate surface area is 212 Å². The number of hydrogen-bond acceptors (Lipinski definition) is 8. The Balaban J connectivity index is 1.52. The first kappa shape index (κ1) is 24.7. The molecule has 0 aliphatic carbocycles. The molecule has 0 saturated carbocycles. The van der Waals surface area contributed by atoms with E-state index in [1.165, 1.54) is 6.07 Å². The van der Waals surface area contributed by atoms with Crippen molar-refractivity contribution >= 4 is 34.4 Å². The Hall–Kier alpha value is -4.03. The Morgan fingerprint density at radius 3 is 2.84 bits per heavy atom. The molecule has 5 rings (SSSR count). The number of aliphatic hydroxyl groups is 1. The number of nitrogens with one attached hydrogen (secondary N) is 3. The molecule has 4 aromatic rings. The normalized spacial score (nSPS) is 16.2. The van der Waals surface area contributed by atoms with Gasteiger partial charge < -0.3 is 30.4 Å². The van der Waals surface area contributed by atoms with Crippen LogP contribution in [-0.4, -0.2) is 62.1 Å². The molecule has 37 heavy (non-hydrogen) atoms. The molecule has 194 valence electrons. The van der Waals surface area contributed by atoms with Crippen molar-refractivity contribution in [2.45, 2.75) is 19.9 Å². The highest BCUT2D eigenvalue weighted by molar-refractivity contribution is 5.83. The molecule has 12 heteroatoms. The molecule has 0 bridgehead atoms. The third-order valence-corrected chi connectivity index (χ3v) is 6.10. The van der Waals surface area contributed by atoms with Crippen LogP contribution >= 0.6 is 0 Å². The van der Waals surface area contributed by atoms with Crippen LogP contribution < -0.4 is 20.3 Å². The van der Waals surface area contributed by atoms with Crippen LogP contribution in [0, 0.1) is 18.6 Å². The van der Waals surface area contributed by atoms with Gasteiger partial charge in [0.25, 0.3) is 0 Å². The van der Waals surface area contributed by atoms with E-state index in [1.807, 2.05) is 37.1 Å². The number of allylic oxidation sites excluding steroid dienone is 1. The summed E-state index contributed by atoms with van der Waals surface area (Å²) in [6, 6.07) is 5.79. The van der Waals surface area contributed by atoms with E-state index in [4.69, 9.17) is 4.74 Å². The molecular weight excluding hydrogens is 482 g/mol. The molecule has 1 aliphatic rings. The topological polar surface area (TPSA) is 116 Å². The molecular formula is C25H28F2N8O2. The number of aromatic amines is 1. The molecule has 1 aromatic carbocycles. The van der Waals surface area contributed by atoms with E-state index in [9.17, 15) is 9.50 Å². The smallest absolute Gasteiger partial charge is 0.326 e. The molecule has 1 unspecified atom stereocenters. The van der Waals surface area contributed by atoms with Crippen molar-refractivity contribution < 1.29 is 18.6 Å². The van der Waals surface area contributed by atoms with Crippen molar-refractivity contribution in [3.05, 3.63) is 53.4 Å². The number of aryl methyl sites for hydroxylation is 2. The molecule has 3 aromatic heterocycles. The maximum Gasteiger partial charge on any atom is 0.326 e. The first-order chi connectivity index (χ1) is 17.8. The zero-order chi connectivity index (χ0) is 26.1. The molecule has 10 nitrogen and oxygen atoms in total. The summed E-state index contributed by atoms with van der Waals surface area (Å²) in [7, 11) is 1.83. The summed E-state index contributed by atoms with van der Waals surface area (Å²) in [6.45, 7) is 5.37. The average molecular weight is 511 g/mol. The zero-order valence-corrected chi connectivity index (χ0v) is 20.7. The monoisotopic (exact) mass is 510 g/mol. The number of ether oxygens (including phenoxy) is 1. The van der Waals surface area contributed by atoms with Crippen LogP contribution in [-0.2, 0) is 7.05 Å². The lowest BCUT2D eigenvalue weighted by Gasteiger charge is -2.33. The number of hydrogen-bond donors (Lipinski definition) is 4. The highest BCUT2D eigenvalue weighted by Crippen LogP contribution is 2.33. The van der Waals surface area contributed by atoms with Crippen LogP contribution in [0.15, 0.2) is 30.3 Å². The third kappa shape index (κ3) is 5.11. The second-order valence-electron chi connectivity index (χ2n) is 8.89. The Morgan fingerprint density at radius 2 is 2.05 bits per heavy atom. The van der Waals surface area contributed by atoms with Crippen LogP contribution in [0.5, 0.6) is 11.8 Å². The summed E-state index contributed by atoms with van der Waals surface area (Å²) < 4.78 is 37.3. The van der Waals surface area contributed by atoms with E-state index in [0.717, 1.165) is 11.8 Å². The number of benzene rings is 1. The minimum Gasteiger partial charge on any atom is -0.421 e. The number of H-pyrrole nitrogens is 1.